The van der Waals surface area contributed by atoms with E-state index < -0.39 is 0 Å². The van der Waals surface area contributed by atoms with E-state index in [1.807, 2.05) is 29.6 Å². The molecule has 0 radical (unpaired) electrons. The molecule has 0 saturated carbocycles. The molecular weight excluding hydrogens is 339 g/mol. The zero-order chi connectivity index (χ0) is 17.6. The van der Waals surface area contributed by atoms with E-state index in [9.17, 15) is 9.18 Å². The van der Waals surface area contributed by atoms with Crippen LogP contribution in [0.15, 0.2) is 60.0 Å². The lowest BCUT2D eigenvalue weighted by Crippen LogP contribution is -2.07. The number of ether oxygens (including phenoxy) is 1. The van der Waals surface area contributed by atoms with Gasteiger partial charge in [0.1, 0.15) is 11.6 Å². The summed E-state index contributed by atoms with van der Waals surface area (Å²) in [7, 11) is 1.60. The van der Waals surface area contributed by atoms with Crippen molar-refractivity contribution < 1.29 is 13.9 Å². The number of thiazole rings is 1. The molecule has 1 aromatic heterocycles. The number of nitrogens with zero attached hydrogens (tertiary/aromatic N) is 1. The largest absolute Gasteiger partial charge is 0.497 e. The number of rotatable bonds is 5. The molecule has 2 aromatic carbocycles. The Bertz CT molecular complexity index is 887. The number of methoxy groups -OCH3 is 1. The Morgan fingerprint density at radius 2 is 1.88 bits per heavy atom. The van der Waals surface area contributed by atoms with Crippen LogP contribution in [0, 0.1) is 5.82 Å². The molecule has 0 spiro atoms. The van der Waals surface area contributed by atoms with Crippen LogP contribution in [0.1, 0.15) is 5.56 Å². The van der Waals surface area contributed by atoms with Gasteiger partial charge in [0.15, 0.2) is 5.13 Å². The van der Waals surface area contributed by atoms with E-state index in [1.54, 1.807) is 25.3 Å². The molecule has 0 aliphatic heterocycles. The molecule has 1 N–H and O–H groups in total. The highest BCUT2D eigenvalue weighted by Crippen LogP contribution is 2.25. The number of hydrogen-bond donors (Lipinski definition) is 1. The van der Waals surface area contributed by atoms with Crippen molar-refractivity contribution in [1.82, 2.24) is 4.98 Å². The molecule has 0 aliphatic carbocycles. The molecule has 1 amide bonds. The molecule has 0 aliphatic rings. The van der Waals surface area contributed by atoms with Crippen LogP contribution < -0.4 is 10.1 Å². The number of amides is 1. The van der Waals surface area contributed by atoms with E-state index in [0.717, 1.165) is 16.9 Å². The van der Waals surface area contributed by atoms with Gasteiger partial charge in [-0.1, -0.05) is 12.1 Å². The van der Waals surface area contributed by atoms with Crippen molar-refractivity contribution in [3.05, 3.63) is 71.4 Å². The van der Waals surface area contributed by atoms with Crippen LogP contribution in [-0.4, -0.2) is 18.0 Å². The van der Waals surface area contributed by atoms with Crippen LogP contribution >= 0.6 is 11.3 Å². The quantitative estimate of drug-likeness (QED) is 0.681. The molecule has 3 aromatic rings. The molecule has 1 heterocycles. The fourth-order valence-corrected chi connectivity index (χ4v) is 2.84. The van der Waals surface area contributed by atoms with Gasteiger partial charge in [-0.15, -0.1) is 11.3 Å². The van der Waals surface area contributed by atoms with Crippen molar-refractivity contribution in [1.29, 1.82) is 0 Å². The Labute approximate surface area is 148 Å². The predicted molar refractivity (Wildman–Crippen MR) is 98.2 cm³/mol. The smallest absolute Gasteiger partial charge is 0.250 e. The number of halogens is 1. The Morgan fingerprint density at radius 1 is 1.16 bits per heavy atom. The van der Waals surface area contributed by atoms with E-state index in [2.05, 4.69) is 10.3 Å². The summed E-state index contributed by atoms with van der Waals surface area (Å²) in [4.78, 5) is 16.3. The van der Waals surface area contributed by atoms with Crippen molar-refractivity contribution in [2.75, 3.05) is 12.4 Å². The first-order chi connectivity index (χ1) is 12.1. The minimum atomic E-state index is -0.295. The van der Waals surface area contributed by atoms with Gasteiger partial charge in [0.2, 0.25) is 5.91 Å². The first-order valence-corrected chi connectivity index (χ1v) is 8.36. The van der Waals surface area contributed by atoms with Crippen molar-refractivity contribution in [2.24, 2.45) is 0 Å². The van der Waals surface area contributed by atoms with Crippen LogP contribution in [0.5, 0.6) is 5.75 Å². The van der Waals surface area contributed by atoms with Crippen LogP contribution in [-0.2, 0) is 4.79 Å². The van der Waals surface area contributed by atoms with E-state index >= 15 is 0 Å². The number of benzene rings is 2. The fraction of sp³-hybridized carbons (Fsp3) is 0.0526. The Balaban J connectivity index is 1.63. The van der Waals surface area contributed by atoms with Crippen LogP contribution in [0.3, 0.4) is 0 Å². The lowest BCUT2D eigenvalue weighted by atomic mass is 10.2. The minimum absolute atomic E-state index is 0.268. The SMILES string of the molecule is COc1ccc(/C=C/C(=O)Nc2nc(-c3ccc(F)cc3)cs2)cc1. The van der Waals surface area contributed by atoms with Gasteiger partial charge in [-0.2, -0.15) is 0 Å². The molecule has 0 saturated heterocycles. The highest BCUT2D eigenvalue weighted by Gasteiger charge is 2.06. The van der Waals surface area contributed by atoms with Crippen molar-refractivity contribution in [3.63, 3.8) is 0 Å². The summed E-state index contributed by atoms with van der Waals surface area (Å²) < 4.78 is 18.0. The summed E-state index contributed by atoms with van der Waals surface area (Å²) in [5.41, 5.74) is 2.38. The zero-order valence-corrected chi connectivity index (χ0v) is 14.2. The van der Waals surface area contributed by atoms with Gasteiger partial charge < -0.3 is 4.74 Å². The van der Waals surface area contributed by atoms with Gasteiger partial charge in [-0.3, -0.25) is 10.1 Å². The van der Waals surface area contributed by atoms with Gasteiger partial charge in [0.25, 0.3) is 0 Å². The number of anilines is 1. The summed E-state index contributed by atoms with van der Waals surface area (Å²) in [6.45, 7) is 0. The molecule has 0 bridgehead atoms. The Kier molecular flexibility index (Phi) is 5.20. The first-order valence-electron chi connectivity index (χ1n) is 7.48. The highest BCUT2D eigenvalue weighted by atomic mass is 32.1. The molecule has 3 rings (SSSR count). The second-order valence-corrected chi connectivity index (χ2v) is 6.00. The number of carbonyl (C=O) groups excluding carboxylic acids is 1. The summed E-state index contributed by atoms with van der Waals surface area (Å²) in [5.74, 6) is 0.199. The van der Waals surface area contributed by atoms with Gasteiger partial charge >= 0.3 is 0 Å². The number of nitrogens with one attached hydrogen (secondary N) is 1. The number of carbonyl (C=O) groups is 1. The van der Waals surface area contributed by atoms with Crippen molar-refractivity contribution >= 4 is 28.5 Å². The summed E-state index contributed by atoms with van der Waals surface area (Å²) >= 11 is 1.32. The van der Waals surface area contributed by atoms with Crippen molar-refractivity contribution in [2.45, 2.75) is 0 Å². The van der Waals surface area contributed by atoms with Crippen LogP contribution in [0.4, 0.5) is 9.52 Å². The summed E-state index contributed by atoms with van der Waals surface area (Å²) in [6.07, 6.45) is 3.16. The van der Waals surface area contributed by atoms with Gasteiger partial charge in [0, 0.05) is 17.0 Å². The third kappa shape index (κ3) is 4.51. The first kappa shape index (κ1) is 16.9. The Morgan fingerprint density at radius 3 is 2.56 bits per heavy atom. The molecule has 4 nitrogen and oxygen atoms in total. The normalized spacial score (nSPS) is 10.8. The third-order valence-electron chi connectivity index (χ3n) is 3.42. The molecule has 126 valence electrons. The number of aromatic nitrogens is 1. The predicted octanol–water partition coefficient (Wildman–Crippen LogP) is 4.61. The molecule has 0 atom stereocenters. The molecular formula is C19H15FN2O2S. The maximum Gasteiger partial charge on any atom is 0.250 e. The van der Waals surface area contributed by atoms with Crippen LogP contribution in [0.2, 0.25) is 0 Å². The lowest BCUT2D eigenvalue weighted by molar-refractivity contribution is -0.111. The summed E-state index contributed by atoms with van der Waals surface area (Å²) in [6, 6.07) is 13.4. The summed E-state index contributed by atoms with van der Waals surface area (Å²) in [5, 5.41) is 5.02. The van der Waals surface area contributed by atoms with E-state index in [4.69, 9.17) is 4.74 Å². The molecule has 0 fully saturated rings. The second kappa shape index (κ2) is 7.72. The van der Waals surface area contributed by atoms with Gasteiger partial charge in [-0.25, -0.2) is 9.37 Å². The van der Waals surface area contributed by atoms with E-state index in [1.165, 1.54) is 29.5 Å². The standard InChI is InChI=1S/C19H15FN2O2S/c1-24-16-9-2-13(3-10-16)4-11-18(23)22-19-21-17(12-25-19)14-5-7-15(20)8-6-14/h2-12H,1H3,(H,21,22,23)/b11-4+. The zero-order valence-electron chi connectivity index (χ0n) is 13.4. The van der Waals surface area contributed by atoms with Gasteiger partial charge in [0.05, 0.1) is 12.8 Å². The molecule has 6 heteroatoms. The lowest BCUT2D eigenvalue weighted by Gasteiger charge is -1.99. The fourth-order valence-electron chi connectivity index (χ4n) is 2.12. The molecule has 0 unspecified atom stereocenters. The molecule has 25 heavy (non-hydrogen) atoms. The number of hydrogen-bond acceptors (Lipinski definition) is 4. The van der Waals surface area contributed by atoms with Crippen LogP contribution in [0.25, 0.3) is 17.3 Å². The topological polar surface area (TPSA) is 51.2 Å². The average Bonchev–Trinajstić information content (AvgIpc) is 3.09. The van der Waals surface area contributed by atoms with E-state index in [0.29, 0.717) is 10.8 Å². The second-order valence-electron chi connectivity index (χ2n) is 5.14. The van der Waals surface area contributed by atoms with E-state index in [-0.39, 0.29) is 11.7 Å². The highest BCUT2D eigenvalue weighted by molar-refractivity contribution is 7.14. The third-order valence-corrected chi connectivity index (χ3v) is 4.17. The maximum atomic E-state index is 13.0. The van der Waals surface area contributed by atoms with Crippen molar-refractivity contribution in [3.8, 4) is 17.0 Å². The Hall–Kier alpha value is -2.99. The minimum Gasteiger partial charge on any atom is -0.497 e. The maximum absolute atomic E-state index is 13.0. The average molecular weight is 354 g/mol. The monoisotopic (exact) mass is 354 g/mol. The van der Waals surface area contributed by atoms with Gasteiger partial charge in [-0.05, 0) is 48.0 Å².